The molecule has 3 unspecified atom stereocenters. The summed E-state index contributed by atoms with van der Waals surface area (Å²) in [7, 11) is 1.65. The smallest absolute Gasteiger partial charge is 0.161 e. The fourth-order valence-corrected chi connectivity index (χ4v) is 2.27. The molecule has 0 amide bonds. The molecule has 21 heavy (non-hydrogen) atoms. The van der Waals surface area contributed by atoms with Crippen molar-refractivity contribution < 1.29 is 18.9 Å². The molecule has 1 aromatic rings. The molecule has 1 saturated carbocycles. The number of nitrogens with two attached hydrogens (primary N) is 1. The van der Waals surface area contributed by atoms with Crippen LogP contribution in [0.5, 0.6) is 11.5 Å². The maximum atomic E-state index is 6.02. The average Bonchev–Trinajstić information content (AvgIpc) is 2.50. The number of rotatable bonds is 9. The molecule has 1 fully saturated rings. The van der Waals surface area contributed by atoms with E-state index in [9.17, 15) is 0 Å². The van der Waals surface area contributed by atoms with Crippen molar-refractivity contribution in [2.75, 3.05) is 26.9 Å². The number of para-hydroxylation sites is 2. The first kappa shape index (κ1) is 16.1. The lowest BCUT2D eigenvalue weighted by Gasteiger charge is -2.41. The normalized spacial score (nSPS) is 24.4. The second-order valence-corrected chi connectivity index (χ2v) is 5.18. The molecule has 1 aliphatic rings. The number of hydrogen-bond donors (Lipinski definition) is 1. The second kappa shape index (κ2) is 8.22. The van der Waals surface area contributed by atoms with E-state index in [2.05, 4.69) is 6.92 Å². The van der Waals surface area contributed by atoms with Gasteiger partial charge in [-0.2, -0.15) is 0 Å². The van der Waals surface area contributed by atoms with Crippen LogP contribution in [0.4, 0.5) is 0 Å². The van der Waals surface area contributed by atoms with Gasteiger partial charge in [-0.3, -0.25) is 0 Å². The Bertz CT molecular complexity index is 426. The van der Waals surface area contributed by atoms with E-state index in [1.54, 1.807) is 7.11 Å². The van der Waals surface area contributed by atoms with Crippen molar-refractivity contribution in [3.8, 4) is 11.5 Å². The van der Waals surface area contributed by atoms with Gasteiger partial charge in [-0.1, -0.05) is 19.1 Å². The summed E-state index contributed by atoms with van der Waals surface area (Å²) in [5.41, 5.74) is 5.99. The monoisotopic (exact) mass is 295 g/mol. The van der Waals surface area contributed by atoms with Crippen LogP contribution < -0.4 is 15.2 Å². The van der Waals surface area contributed by atoms with Crippen LogP contribution in [0.2, 0.25) is 0 Å². The zero-order chi connectivity index (χ0) is 15.1. The molecule has 0 saturated heterocycles. The molecule has 3 atom stereocenters. The second-order valence-electron chi connectivity index (χ2n) is 5.18. The molecule has 0 aliphatic heterocycles. The maximum Gasteiger partial charge on any atom is 0.161 e. The van der Waals surface area contributed by atoms with E-state index in [1.165, 1.54) is 0 Å². The zero-order valence-electron chi connectivity index (χ0n) is 12.8. The minimum absolute atomic E-state index is 0.0237. The highest BCUT2D eigenvalue weighted by atomic mass is 16.6. The van der Waals surface area contributed by atoms with Gasteiger partial charge < -0.3 is 24.7 Å². The molecule has 118 valence electrons. The highest BCUT2D eigenvalue weighted by Gasteiger charge is 2.41. The first-order valence-corrected chi connectivity index (χ1v) is 7.50. The lowest BCUT2D eigenvalue weighted by atomic mass is 9.86. The Balaban J connectivity index is 1.91. The third kappa shape index (κ3) is 4.33. The van der Waals surface area contributed by atoms with Gasteiger partial charge in [0.05, 0.1) is 19.8 Å². The Kier molecular flexibility index (Phi) is 6.29. The summed E-state index contributed by atoms with van der Waals surface area (Å²) in [4.78, 5) is 0. The Morgan fingerprint density at radius 1 is 1.14 bits per heavy atom. The third-order valence-corrected chi connectivity index (χ3v) is 3.48. The topological polar surface area (TPSA) is 62.9 Å². The van der Waals surface area contributed by atoms with Crippen molar-refractivity contribution >= 4 is 0 Å². The fourth-order valence-electron chi connectivity index (χ4n) is 2.27. The van der Waals surface area contributed by atoms with Crippen LogP contribution in [0, 0.1) is 0 Å². The third-order valence-electron chi connectivity index (χ3n) is 3.48. The molecule has 5 nitrogen and oxygen atoms in total. The van der Waals surface area contributed by atoms with Crippen LogP contribution in [-0.4, -0.2) is 45.2 Å². The van der Waals surface area contributed by atoms with Crippen LogP contribution in [0.25, 0.3) is 0 Å². The van der Waals surface area contributed by atoms with Gasteiger partial charge in [0.25, 0.3) is 0 Å². The number of methoxy groups -OCH3 is 1. The molecular formula is C16H25NO4. The van der Waals surface area contributed by atoms with Crippen LogP contribution in [-0.2, 0) is 9.47 Å². The van der Waals surface area contributed by atoms with E-state index in [1.807, 2.05) is 24.3 Å². The number of ether oxygens (including phenoxy) is 4. The van der Waals surface area contributed by atoms with Crippen molar-refractivity contribution in [1.82, 2.24) is 0 Å². The van der Waals surface area contributed by atoms with Crippen molar-refractivity contribution in [2.24, 2.45) is 5.73 Å². The molecule has 0 radical (unpaired) electrons. The minimum atomic E-state index is -0.0839. The van der Waals surface area contributed by atoms with Crippen molar-refractivity contribution in [3.63, 3.8) is 0 Å². The molecule has 5 heteroatoms. The minimum Gasteiger partial charge on any atom is -0.490 e. The summed E-state index contributed by atoms with van der Waals surface area (Å²) in [6.45, 7) is 3.85. The molecule has 0 spiro atoms. The standard InChI is InChI=1S/C16H25NO4/c1-3-8-19-13-6-4-5-7-14(13)21-15-11-12(17)16(15)20-10-9-18-2/h4-7,12,15-16H,3,8-11,17H2,1-2H3. The SMILES string of the molecule is CCCOc1ccccc1OC1CC(N)C1OCCOC. The molecule has 0 aromatic heterocycles. The molecule has 1 aliphatic carbocycles. The van der Waals surface area contributed by atoms with Gasteiger partial charge >= 0.3 is 0 Å². The van der Waals surface area contributed by atoms with E-state index in [-0.39, 0.29) is 18.2 Å². The largest absolute Gasteiger partial charge is 0.490 e. The lowest BCUT2D eigenvalue weighted by Crippen LogP contribution is -2.59. The molecule has 0 bridgehead atoms. The van der Waals surface area contributed by atoms with E-state index >= 15 is 0 Å². The van der Waals surface area contributed by atoms with E-state index in [0.717, 1.165) is 24.3 Å². The van der Waals surface area contributed by atoms with Gasteiger partial charge in [-0.15, -0.1) is 0 Å². The summed E-state index contributed by atoms with van der Waals surface area (Å²) in [5.74, 6) is 1.53. The van der Waals surface area contributed by atoms with Crippen molar-refractivity contribution in [1.29, 1.82) is 0 Å². The molecule has 2 N–H and O–H groups in total. The number of benzene rings is 1. The maximum absolute atomic E-state index is 6.02. The molecule has 1 aromatic carbocycles. The van der Waals surface area contributed by atoms with Gasteiger partial charge in [-0.05, 0) is 18.6 Å². The Hall–Kier alpha value is -1.30. The summed E-state index contributed by atoms with van der Waals surface area (Å²) in [6.07, 6.45) is 1.65. The van der Waals surface area contributed by atoms with Crippen molar-refractivity contribution in [2.45, 2.75) is 38.0 Å². The van der Waals surface area contributed by atoms with Crippen LogP contribution in [0.1, 0.15) is 19.8 Å². The number of hydrogen-bond acceptors (Lipinski definition) is 5. The first-order chi connectivity index (χ1) is 10.3. The average molecular weight is 295 g/mol. The predicted molar refractivity (Wildman–Crippen MR) is 80.9 cm³/mol. The Morgan fingerprint density at radius 2 is 1.90 bits per heavy atom. The van der Waals surface area contributed by atoms with Gasteiger partial charge in [0.15, 0.2) is 11.5 Å². The highest BCUT2D eigenvalue weighted by molar-refractivity contribution is 5.39. The molecular weight excluding hydrogens is 270 g/mol. The molecule has 2 rings (SSSR count). The summed E-state index contributed by atoms with van der Waals surface area (Å²) in [6, 6.07) is 7.74. The fraction of sp³-hybridized carbons (Fsp3) is 0.625. The Morgan fingerprint density at radius 3 is 2.57 bits per heavy atom. The molecule has 0 heterocycles. The first-order valence-electron chi connectivity index (χ1n) is 7.50. The van der Waals surface area contributed by atoms with E-state index in [4.69, 9.17) is 24.7 Å². The lowest BCUT2D eigenvalue weighted by molar-refractivity contribution is -0.107. The summed E-state index contributed by atoms with van der Waals surface area (Å²) in [5, 5.41) is 0. The van der Waals surface area contributed by atoms with Gasteiger partial charge in [0, 0.05) is 19.6 Å². The van der Waals surface area contributed by atoms with E-state index < -0.39 is 0 Å². The highest BCUT2D eigenvalue weighted by Crippen LogP contribution is 2.33. The summed E-state index contributed by atoms with van der Waals surface area (Å²) < 4.78 is 22.4. The van der Waals surface area contributed by atoms with Crippen LogP contribution >= 0.6 is 0 Å². The van der Waals surface area contributed by atoms with Gasteiger partial charge in [-0.25, -0.2) is 0 Å². The van der Waals surface area contributed by atoms with Crippen LogP contribution in [0.3, 0.4) is 0 Å². The quantitative estimate of drug-likeness (QED) is 0.706. The zero-order valence-corrected chi connectivity index (χ0v) is 12.8. The van der Waals surface area contributed by atoms with Gasteiger partial charge in [0.2, 0.25) is 0 Å². The Labute approximate surface area is 126 Å². The van der Waals surface area contributed by atoms with Crippen LogP contribution in [0.15, 0.2) is 24.3 Å². The predicted octanol–water partition coefficient (Wildman–Crippen LogP) is 1.99. The van der Waals surface area contributed by atoms with Gasteiger partial charge in [0.1, 0.15) is 12.2 Å². The van der Waals surface area contributed by atoms with E-state index in [0.29, 0.717) is 19.8 Å². The van der Waals surface area contributed by atoms with Crippen molar-refractivity contribution in [3.05, 3.63) is 24.3 Å². The summed E-state index contributed by atoms with van der Waals surface area (Å²) >= 11 is 0.